The first-order chi connectivity index (χ1) is 10.1. The van der Waals surface area contributed by atoms with Crippen molar-refractivity contribution in [3.05, 3.63) is 47.3 Å². The number of rotatable bonds is 8. The molecule has 114 valence electrons. The summed E-state index contributed by atoms with van der Waals surface area (Å²) in [4.78, 5) is 8.08. The van der Waals surface area contributed by atoms with Gasteiger partial charge in [0.1, 0.15) is 23.2 Å². The van der Waals surface area contributed by atoms with Gasteiger partial charge in [-0.15, -0.1) is 11.3 Å². The van der Waals surface area contributed by atoms with Crippen LogP contribution in [0.2, 0.25) is 0 Å². The second-order valence-electron chi connectivity index (χ2n) is 4.17. The number of hydrogen-bond acceptors (Lipinski definition) is 5. The first kappa shape index (κ1) is 16.0. The van der Waals surface area contributed by atoms with Gasteiger partial charge in [-0.2, -0.15) is 0 Å². The fourth-order valence-electron chi connectivity index (χ4n) is 1.57. The van der Waals surface area contributed by atoms with Crippen molar-refractivity contribution in [1.82, 2.24) is 4.89 Å². The van der Waals surface area contributed by atoms with Crippen LogP contribution in [-0.2, 0) is 21.3 Å². The second-order valence-corrected chi connectivity index (χ2v) is 7.21. The monoisotopic (exact) mass is 327 g/mol. The molecule has 0 aliphatic heterocycles. The summed E-state index contributed by atoms with van der Waals surface area (Å²) in [6.07, 6.45) is 0.811. The first-order valence-corrected chi connectivity index (χ1v) is 8.82. The molecule has 0 aliphatic rings. The van der Waals surface area contributed by atoms with Crippen LogP contribution in [0.5, 0.6) is 5.75 Å². The molecule has 2 aromatic rings. The number of aryl methyl sites for hydroxylation is 1. The molecule has 0 radical (unpaired) electrons. The molecule has 0 amide bonds. The highest BCUT2D eigenvalue weighted by molar-refractivity contribution is 7.91. The van der Waals surface area contributed by atoms with E-state index in [4.69, 9.17) is 9.57 Å². The van der Waals surface area contributed by atoms with E-state index in [0.29, 0.717) is 0 Å². The van der Waals surface area contributed by atoms with Crippen LogP contribution in [0, 0.1) is 0 Å². The van der Waals surface area contributed by atoms with Crippen LogP contribution >= 0.6 is 11.3 Å². The Balaban J connectivity index is 1.75. The molecule has 1 heterocycles. The van der Waals surface area contributed by atoms with Gasteiger partial charge in [0.2, 0.25) is 0 Å². The lowest BCUT2D eigenvalue weighted by atomic mass is 10.3. The van der Waals surface area contributed by atoms with Crippen LogP contribution in [-0.4, -0.2) is 21.6 Å². The van der Waals surface area contributed by atoms with Crippen LogP contribution in [0.4, 0.5) is 0 Å². The van der Waals surface area contributed by atoms with Crippen molar-refractivity contribution in [3.63, 3.8) is 0 Å². The number of ether oxygens (including phenoxy) is 1. The smallest absolute Gasteiger partial charge is 0.271 e. The van der Waals surface area contributed by atoms with Gasteiger partial charge in [-0.3, -0.25) is 4.84 Å². The van der Waals surface area contributed by atoms with E-state index in [1.165, 1.54) is 11.3 Å². The lowest BCUT2D eigenvalue weighted by molar-refractivity contribution is 0.0667. The molecular formula is C14H17NO4S2. The summed E-state index contributed by atoms with van der Waals surface area (Å²) in [5, 5.41) is 0. The zero-order chi connectivity index (χ0) is 15.1. The van der Waals surface area contributed by atoms with Gasteiger partial charge in [0, 0.05) is 4.88 Å². The minimum absolute atomic E-state index is 0.125. The van der Waals surface area contributed by atoms with Gasteiger partial charge in [-0.25, -0.2) is 8.42 Å². The van der Waals surface area contributed by atoms with Gasteiger partial charge >= 0.3 is 0 Å². The largest absolute Gasteiger partial charge is 0.491 e. The predicted molar refractivity (Wildman–Crippen MR) is 81.9 cm³/mol. The van der Waals surface area contributed by atoms with Crippen LogP contribution in [0.15, 0.2) is 46.7 Å². The Bertz CT molecular complexity index is 653. The Morgan fingerprint density at radius 1 is 1.10 bits per heavy atom. The second kappa shape index (κ2) is 7.56. The minimum atomic E-state index is -3.60. The zero-order valence-corrected chi connectivity index (χ0v) is 13.2. The van der Waals surface area contributed by atoms with Crippen molar-refractivity contribution >= 4 is 21.4 Å². The number of para-hydroxylation sites is 1. The Hall–Kier alpha value is -1.41. The predicted octanol–water partition coefficient (Wildman–Crippen LogP) is 2.60. The topological polar surface area (TPSA) is 64.6 Å². The van der Waals surface area contributed by atoms with Crippen molar-refractivity contribution in [1.29, 1.82) is 0 Å². The quantitative estimate of drug-likeness (QED) is 0.598. The van der Waals surface area contributed by atoms with E-state index in [1.807, 2.05) is 37.3 Å². The molecule has 0 bridgehead atoms. The summed E-state index contributed by atoms with van der Waals surface area (Å²) in [5.74, 6) is 0.717. The molecule has 7 heteroatoms. The molecule has 0 atom stereocenters. The molecule has 0 saturated heterocycles. The van der Waals surface area contributed by atoms with Gasteiger partial charge in [-0.1, -0.05) is 30.0 Å². The highest BCUT2D eigenvalue weighted by atomic mass is 32.2. The molecule has 1 aromatic carbocycles. The summed E-state index contributed by atoms with van der Waals surface area (Å²) in [7, 11) is -3.60. The maximum absolute atomic E-state index is 11.9. The minimum Gasteiger partial charge on any atom is -0.491 e. The molecule has 0 spiro atoms. The molecule has 1 aromatic heterocycles. The third-order valence-corrected chi connectivity index (χ3v) is 5.55. The third-order valence-electron chi connectivity index (χ3n) is 2.62. The van der Waals surface area contributed by atoms with Gasteiger partial charge in [0.05, 0.1) is 0 Å². The van der Waals surface area contributed by atoms with Crippen molar-refractivity contribution in [2.75, 3.05) is 13.2 Å². The fraction of sp³-hybridized carbons (Fsp3) is 0.286. The van der Waals surface area contributed by atoms with E-state index in [9.17, 15) is 8.42 Å². The number of thiophene rings is 1. The number of hydrogen-bond donors (Lipinski definition) is 1. The standard InChI is InChI=1S/C14H17NO4S2/c1-2-13-8-9-14(20-13)21(16,17)15-19-11-10-18-12-6-4-3-5-7-12/h3-9,15H,2,10-11H2,1H3. The lowest BCUT2D eigenvalue weighted by Gasteiger charge is -2.07. The van der Waals surface area contributed by atoms with Gasteiger partial charge in [0.25, 0.3) is 10.0 Å². The molecule has 0 unspecified atom stereocenters. The average Bonchev–Trinajstić information content (AvgIpc) is 2.98. The highest BCUT2D eigenvalue weighted by Gasteiger charge is 2.16. The summed E-state index contributed by atoms with van der Waals surface area (Å²) in [5.41, 5.74) is 0. The molecule has 0 fully saturated rings. The van der Waals surface area contributed by atoms with Crippen molar-refractivity contribution in [3.8, 4) is 5.75 Å². The SMILES string of the molecule is CCc1ccc(S(=O)(=O)NOCCOc2ccccc2)s1. The lowest BCUT2D eigenvalue weighted by Crippen LogP contribution is -2.25. The van der Waals surface area contributed by atoms with Gasteiger partial charge in [-0.05, 0) is 30.7 Å². The summed E-state index contributed by atoms with van der Waals surface area (Å²) in [6.45, 7) is 2.37. The fourth-order valence-corrected chi connectivity index (χ4v) is 3.68. The highest BCUT2D eigenvalue weighted by Crippen LogP contribution is 2.21. The maximum atomic E-state index is 11.9. The zero-order valence-electron chi connectivity index (χ0n) is 11.6. The number of benzene rings is 1. The molecule has 1 N–H and O–H groups in total. The van der Waals surface area contributed by atoms with E-state index in [-0.39, 0.29) is 17.4 Å². The normalized spacial score (nSPS) is 11.5. The Kier molecular flexibility index (Phi) is 5.75. The Labute approximate surface area is 128 Å². The van der Waals surface area contributed by atoms with Crippen LogP contribution in [0.1, 0.15) is 11.8 Å². The van der Waals surface area contributed by atoms with Crippen molar-refractivity contribution in [2.45, 2.75) is 17.6 Å². The van der Waals surface area contributed by atoms with Crippen molar-refractivity contribution in [2.24, 2.45) is 0 Å². The van der Waals surface area contributed by atoms with Crippen LogP contribution in [0.25, 0.3) is 0 Å². The molecule has 0 aliphatic carbocycles. The van der Waals surface area contributed by atoms with Crippen LogP contribution in [0.3, 0.4) is 0 Å². The summed E-state index contributed by atoms with van der Waals surface area (Å²) < 4.78 is 29.5. The van der Waals surface area contributed by atoms with Crippen LogP contribution < -0.4 is 9.62 Å². The molecule has 2 rings (SSSR count). The molecule has 5 nitrogen and oxygen atoms in total. The number of sulfonamides is 1. The number of nitrogens with one attached hydrogen (secondary N) is 1. The molecular weight excluding hydrogens is 310 g/mol. The maximum Gasteiger partial charge on any atom is 0.271 e. The molecule has 21 heavy (non-hydrogen) atoms. The van der Waals surface area contributed by atoms with Gasteiger partial charge in [0.15, 0.2) is 0 Å². The van der Waals surface area contributed by atoms with E-state index in [1.54, 1.807) is 12.1 Å². The molecule has 0 saturated carbocycles. The Morgan fingerprint density at radius 2 is 1.86 bits per heavy atom. The third kappa shape index (κ3) is 4.82. The van der Waals surface area contributed by atoms with E-state index in [2.05, 4.69) is 4.89 Å². The van der Waals surface area contributed by atoms with E-state index >= 15 is 0 Å². The summed E-state index contributed by atoms with van der Waals surface area (Å²) >= 11 is 1.24. The average molecular weight is 327 g/mol. The first-order valence-electron chi connectivity index (χ1n) is 6.52. The van der Waals surface area contributed by atoms with Crippen molar-refractivity contribution < 1.29 is 18.0 Å². The van der Waals surface area contributed by atoms with E-state index < -0.39 is 10.0 Å². The van der Waals surface area contributed by atoms with E-state index in [0.717, 1.165) is 17.0 Å². The van der Waals surface area contributed by atoms with Gasteiger partial charge < -0.3 is 4.74 Å². The Morgan fingerprint density at radius 3 is 2.52 bits per heavy atom. The summed E-state index contributed by atoms with van der Waals surface area (Å²) in [6, 6.07) is 12.6.